The Morgan fingerprint density at radius 2 is 2.07 bits per heavy atom. The van der Waals surface area contributed by atoms with E-state index in [4.69, 9.17) is 5.11 Å². The van der Waals surface area contributed by atoms with E-state index >= 15 is 0 Å². The Labute approximate surface area is 91.9 Å². The second-order valence-electron chi connectivity index (χ2n) is 3.36. The Morgan fingerprint density at radius 3 is 2.47 bits per heavy atom. The van der Waals surface area contributed by atoms with E-state index in [1.165, 1.54) is 18.3 Å². The number of hydrogen-bond donors (Lipinski definition) is 2. The lowest BCUT2D eigenvalue weighted by molar-refractivity contribution is -0.138. The molecular weight excluding hydrogens is 214 g/mol. The lowest BCUT2D eigenvalue weighted by atomic mass is 10.1. The van der Waals surface area contributed by atoms with Crippen molar-refractivity contribution in [3.05, 3.63) is 21.4 Å². The van der Waals surface area contributed by atoms with E-state index in [-0.39, 0.29) is 5.91 Å². The van der Waals surface area contributed by atoms with Gasteiger partial charge in [0.25, 0.3) is 5.91 Å². The van der Waals surface area contributed by atoms with Crippen molar-refractivity contribution in [1.29, 1.82) is 0 Å². The summed E-state index contributed by atoms with van der Waals surface area (Å²) in [5, 5.41) is 12.8. The monoisotopic (exact) mass is 227 g/mol. The van der Waals surface area contributed by atoms with Gasteiger partial charge in [-0.25, -0.2) is 0 Å². The zero-order valence-corrected chi connectivity index (χ0v) is 9.64. The Kier molecular flexibility index (Phi) is 3.47. The minimum absolute atomic E-state index is 0.327. The van der Waals surface area contributed by atoms with Crippen LogP contribution < -0.4 is 5.32 Å². The van der Waals surface area contributed by atoms with Crippen LogP contribution in [0.5, 0.6) is 0 Å². The molecule has 0 fully saturated rings. The lowest BCUT2D eigenvalue weighted by Gasteiger charge is -2.08. The lowest BCUT2D eigenvalue weighted by Crippen LogP contribution is -2.38. The number of carboxylic acid groups (broad SMARTS) is 1. The molecule has 0 aliphatic carbocycles. The summed E-state index contributed by atoms with van der Waals surface area (Å²) >= 11 is 1.49. The van der Waals surface area contributed by atoms with Gasteiger partial charge in [-0.1, -0.05) is 0 Å². The van der Waals surface area contributed by atoms with Gasteiger partial charge < -0.3 is 10.4 Å². The standard InChI is InChI=1S/C10H13NO3S/c1-5-7(3)15-4-8(5)9(12)11-6(2)10(13)14/h4,6H,1-3H3,(H,11,12)(H,13,14)/t6-/m1/s1. The van der Waals surface area contributed by atoms with Gasteiger partial charge in [0.1, 0.15) is 6.04 Å². The molecule has 2 N–H and O–H groups in total. The van der Waals surface area contributed by atoms with Crippen LogP contribution in [-0.4, -0.2) is 23.0 Å². The van der Waals surface area contributed by atoms with Gasteiger partial charge in [-0.15, -0.1) is 11.3 Å². The summed E-state index contributed by atoms with van der Waals surface area (Å²) < 4.78 is 0. The second-order valence-corrected chi connectivity index (χ2v) is 4.45. The number of thiophene rings is 1. The molecule has 0 aromatic carbocycles. The number of aryl methyl sites for hydroxylation is 1. The van der Waals surface area contributed by atoms with Gasteiger partial charge in [-0.3, -0.25) is 9.59 Å². The van der Waals surface area contributed by atoms with Gasteiger partial charge in [-0.05, 0) is 26.3 Å². The normalized spacial score (nSPS) is 12.2. The first-order chi connectivity index (χ1) is 6.93. The van der Waals surface area contributed by atoms with Crippen LogP contribution in [0.3, 0.4) is 0 Å². The first kappa shape index (κ1) is 11.7. The summed E-state index contributed by atoms with van der Waals surface area (Å²) in [7, 11) is 0. The molecule has 1 rings (SSSR count). The topological polar surface area (TPSA) is 66.4 Å². The fourth-order valence-corrected chi connectivity index (χ4v) is 1.94. The van der Waals surface area contributed by atoms with E-state index in [2.05, 4.69) is 5.32 Å². The summed E-state index contributed by atoms with van der Waals surface area (Å²) in [6.45, 7) is 5.22. The van der Waals surface area contributed by atoms with Crippen LogP contribution >= 0.6 is 11.3 Å². The molecule has 5 heteroatoms. The molecule has 0 saturated heterocycles. The minimum Gasteiger partial charge on any atom is -0.480 e. The van der Waals surface area contributed by atoms with Crippen LogP contribution in [0, 0.1) is 13.8 Å². The maximum atomic E-state index is 11.6. The summed E-state index contributed by atoms with van der Waals surface area (Å²) in [5.41, 5.74) is 1.47. The third-order valence-corrected chi connectivity index (χ3v) is 3.26. The summed E-state index contributed by atoms with van der Waals surface area (Å²) in [4.78, 5) is 23.2. The summed E-state index contributed by atoms with van der Waals surface area (Å²) in [5.74, 6) is -1.36. The Morgan fingerprint density at radius 1 is 1.47 bits per heavy atom. The highest BCUT2D eigenvalue weighted by Gasteiger charge is 2.17. The number of carbonyl (C=O) groups is 2. The predicted molar refractivity (Wildman–Crippen MR) is 58.4 cm³/mol. The van der Waals surface area contributed by atoms with E-state index in [1.807, 2.05) is 13.8 Å². The number of carboxylic acids is 1. The number of hydrogen-bond acceptors (Lipinski definition) is 3. The van der Waals surface area contributed by atoms with Crippen LogP contribution in [0.4, 0.5) is 0 Å². The maximum Gasteiger partial charge on any atom is 0.325 e. The molecule has 0 radical (unpaired) electrons. The second kappa shape index (κ2) is 4.44. The van der Waals surface area contributed by atoms with Gasteiger partial charge in [-0.2, -0.15) is 0 Å². The molecule has 0 spiro atoms. The van der Waals surface area contributed by atoms with Crippen molar-refractivity contribution in [2.75, 3.05) is 0 Å². The van der Waals surface area contributed by atoms with Crippen LogP contribution in [0.1, 0.15) is 27.7 Å². The highest BCUT2D eigenvalue weighted by molar-refractivity contribution is 7.10. The Bertz CT molecular complexity index is 397. The number of nitrogens with one attached hydrogen (secondary N) is 1. The van der Waals surface area contributed by atoms with E-state index in [9.17, 15) is 9.59 Å². The van der Waals surface area contributed by atoms with Crippen LogP contribution in [0.2, 0.25) is 0 Å². The molecule has 1 atom stereocenters. The summed E-state index contributed by atoms with van der Waals surface area (Å²) in [6, 6.07) is -0.864. The van der Waals surface area contributed by atoms with Gasteiger partial charge in [0.15, 0.2) is 0 Å². The maximum absolute atomic E-state index is 11.6. The Balaban J connectivity index is 2.78. The van der Waals surface area contributed by atoms with Crippen molar-refractivity contribution in [1.82, 2.24) is 5.32 Å². The largest absolute Gasteiger partial charge is 0.480 e. The molecule has 1 aromatic heterocycles. The number of amides is 1. The molecule has 0 aliphatic heterocycles. The SMILES string of the molecule is Cc1scc(C(=O)N[C@H](C)C(=O)O)c1C. The third kappa shape index (κ3) is 2.56. The molecule has 0 aliphatic rings. The number of aliphatic carboxylic acids is 1. The van der Waals surface area contributed by atoms with E-state index in [0.717, 1.165) is 10.4 Å². The minimum atomic E-state index is -1.03. The molecule has 15 heavy (non-hydrogen) atoms. The zero-order chi connectivity index (χ0) is 11.6. The molecule has 0 bridgehead atoms. The predicted octanol–water partition coefficient (Wildman–Crippen LogP) is 1.57. The van der Waals surface area contributed by atoms with Crippen molar-refractivity contribution >= 4 is 23.2 Å². The molecule has 1 aromatic rings. The molecule has 4 nitrogen and oxygen atoms in total. The van der Waals surface area contributed by atoms with Crippen molar-refractivity contribution < 1.29 is 14.7 Å². The molecule has 0 unspecified atom stereocenters. The smallest absolute Gasteiger partial charge is 0.325 e. The quantitative estimate of drug-likeness (QED) is 0.823. The van der Waals surface area contributed by atoms with E-state index in [1.54, 1.807) is 5.38 Å². The van der Waals surface area contributed by atoms with Crippen LogP contribution in [0.25, 0.3) is 0 Å². The first-order valence-corrected chi connectivity index (χ1v) is 5.39. The summed E-state index contributed by atoms with van der Waals surface area (Å²) in [6.07, 6.45) is 0. The fraction of sp³-hybridized carbons (Fsp3) is 0.400. The van der Waals surface area contributed by atoms with Crippen molar-refractivity contribution in [3.8, 4) is 0 Å². The van der Waals surface area contributed by atoms with Gasteiger partial charge in [0.05, 0.1) is 5.56 Å². The first-order valence-electron chi connectivity index (χ1n) is 4.52. The van der Waals surface area contributed by atoms with Crippen molar-refractivity contribution in [2.24, 2.45) is 0 Å². The fourth-order valence-electron chi connectivity index (χ4n) is 1.07. The molecule has 1 heterocycles. The van der Waals surface area contributed by atoms with Crippen molar-refractivity contribution in [2.45, 2.75) is 26.8 Å². The number of rotatable bonds is 3. The van der Waals surface area contributed by atoms with Crippen molar-refractivity contribution in [3.63, 3.8) is 0 Å². The van der Waals surface area contributed by atoms with Gasteiger partial charge in [0.2, 0.25) is 0 Å². The van der Waals surface area contributed by atoms with Crippen LogP contribution in [0.15, 0.2) is 5.38 Å². The van der Waals surface area contributed by atoms with Crippen LogP contribution in [-0.2, 0) is 4.79 Å². The van der Waals surface area contributed by atoms with E-state index in [0.29, 0.717) is 5.56 Å². The van der Waals surface area contributed by atoms with Gasteiger partial charge in [0, 0.05) is 10.3 Å². The van der Waals surface area contributed by atoms with Gasteiger partial charge >= 0.3 is 5.97 Å². The highest BCUT2D eigenvalue weighted by atomic mass is 32.1. The third-order valence-electron chi connectivity index (χ3n) is 2.25. The number of carbonyl (C=O) groups excluding carboxylic acids is 1. The zero-order valence-electron chi connectivity index (χ0n) is 8.83. The molecular formula is C10H13NO3S. The average molecular weight is 227 g/mol. The Hall–Kier alpha value is -1.36. The average Bonchev–Trinajstić information content (AvgIpc) is 2.47. The molecule has 82 valence electrons. The van der Waals surface area contributed by atoms with E-state index < -0.39 is 12.0 Å². The molecule has 1 amide bonds. The highest BCUT2D eigenvalue weighted by Crippen LogP contribution is 2.20. The molecule has 0 saturated carbocycles.